The van der Waals surface area contributed by atoms with Crippen LogP contribution in [0.15, 0.2) is 48.5 Å². The lowest BCUT2D eigenvalue weighted by atomic mass is 10.0. The Hall–Kier alpha value is -3.52. The van der Waals surface area contributed by atoms with E-state index in [1.54, 1.807) is 19.1 Å². The summed E-state index contributed by atoms with van der Waals surface area (Å²) in [7, 11) is 0. The molecular weight excluding hydrogens is 433 g/mol. The van der Waals surface area contributed by atoms with E-state index in [-0.39, 0.29) is 29.6 Å². The summed E-state index contributed by atoms with van der Waals surface area (Å²) in [6, 6.07) is 10.2. The topological polar surface area (TPSA) is 97.6 Å². The van der Waals surface area contributed by atoms with Crippen molar-refractivity contribution in [3.8, 4) is 17.7 Å². The van der Waals surface area contributed by atoms with Crippen molar-refractivity contribution in [3.63, 3.8) is 0 Å². The Bertz CT molecular complexity index is 944. The van der Waals surface area contributed by atoms with Crippen LogP contribution in [0.5, 0.6) is 11.5 Å². The number of rotatable bonds is 7. The van der Waals surface area contributed by atoms with Crippen molar-refractivity contribution in [1.29, 1.82) is 5.26 Å². The number of carbonyl (C=O) groups is 1. The van der Waals surface area contributed by atoms with Crippen LogP contribution in [0.1, 0.15) is 12.5 Å². The second kappa shape index (κ2) is 10.5. The van der Waals surface area contributed by atoms with Crippen molar-refractivity contribution < 1.29 is 27.8 Å². The molecule has 0 saturated carbocycles. The van der Waals surface area contributed by atoms with Gasteiger partial charge < -0.3 is 20.5 Å². The van der Waals surface area contributed by atoms with Gasteiger partial charge in [-0.2, -0.15) is 5.26 Å². The smallest absolute Gasteiger partial charge is 0.508 e. The quantitative estimate of drug-likeness (QED) is 0.336. The summed E-state index contributed by atoms with van der Waals surface area (Å²) in [5.74, 6) is -0.817. The highest BCUT2D eigenvalue weighted by molar-refractivity contribution is 7.80. The van der Waals surface area contributed by atoms with E-state index in [0.29, 0.717) is 11.3 Å². The third-order valence-electron chi connectivity index (χ3n) is 4.03. The fourth-order valence-corrected chi connectivity index (χ4v) is 2.86. The lowest BCUT2D eigenvalue weighted by Crippen LogP contribution is -2.49. The summed E-state index contributed by atoms with van der Waals surface area (Å²) in [5, 5.41) is 24.2. The van der Waals surface area contributed by atoms with Gasteiger partial charge in [0.05, 0.1) is 0 Å². The second-order valence-corrected chi connectivity index (χ2v) is 6.68. The van der Waals surface area contributed by atoms with Gasteiger partial charge in [0.2, 0.25) is 0 Å². The van der Waals surface area contributed by atoms with Gasteiger partial charge in [-0.1, -0.05) is 12.1 Å². The maximum atomic E-state index is 12.7. The van der Waals surface area contributed by atoms with Gasteiger partial charge in [-0.05, 0) is 61.1 Å². The van der Waals surface area contributed by atoms with Crippen LogP contribution < -0.4 is 15.4 Å². The fourth-order valence-electron chi connectivity index (χ4n) is 2.60. The first-order valence-electron chi connectivity index (χ1n) is 9.03. The molecule has 0 aliphatic rings. The highest BCUT2D eigenvalue weighted by atomic mass is 32.1. The fraction of sp³-hybridized carbons (Fsp3) is 0.250. The van der Waals surface area contributed by atoms with Crippen LogP contribution in [0.25, 0.3) is 0 Å². The Morgan fingerprint density at radius 1 is 1.23 bits per heavy atom. The molecule has 0 heterocycles. The van der Waals surface area contributed by atoms with Crippen molar-refractivity contribution in [1.82, 2.24) is 10.2 Å². The number of amides is 1. The number of anilines is 1. The number of benzene rings is 2. The van der Waals surface area contributed by atoms with Crippen LogP contribution in [0.3, 0.4) is 0 Å². The van der Waals surface area contributed by atoms with Gasteiger partial charge in [0, 0.05) is 18.7 Å². The van der Waals surface area contributed by atoms with Crippen LogP contribution in [-0.4, -0.2) is 40.0 Å². The Morgan fingerprint density at radius 2 is 1.84 bits per heavy atom. The van der Waals surface area contributed by atoms with Crippen LogP contribution in [-0.2, 0) is 11.2 Å². The lowest BCUT2D eigenvalue weighted by Gasteiger charge is -2.23. The summed E-state index contributed by atoms with van der Waals surface area (Å²) in [4.78, 5) is 13.7. The summed E-state index contributed by atoms with van der Waals surface area (Å²) in [5.41, 5.74) is 1.09. The molecule has 1 unspecified atom stereocenters. The van der Waals surface area contributed by atoms with Gasteiger partial charge in [-0.3, -0.25) is 4.79 Å². The molecule has 31 heavy (non-hydrogen) atoms. The number of nitriles is 1. The molecule has 164 valence electrons. The lowest BCUT2D eigenvalue weighted by molar-refractivity contribution is -0.274. The summed E-state index contributed by atoms with van der Waals surface area (Å²) in [6.07, 6.45) is -2.81. The minimum absolute atomic E-state index is 0.0376. The molecule has 2 aromatic rings. The van der Waals surface area contributed by atoms with Crippen molar-refractivity contribution in [2.24, 2.45) is 0 Å². The van der Waals surface area contributed by atoms with E-state index in [2.05, 4.69) is 15.4 Å². The molecule has 2 aromatic carbocycles. The van der Waals surface area contributed by atoms with E-state index in [9.17, 15) is 28.3 Å². The van der Waals surface area contributed by atoms with Gasteiger partial charge in [0.1, 0.15) is 17.5 Å². The number of phenols is 1. The summed E-state index contributed by atoms with van der Waals surface area (Å²) >= 11 is 5.22. The summed E-state index contributed by atoms with van der Waals surface area (Å²) in [6.45, 7) is 1.82. The van der Waals surface area contributed by atoms with E-state index in [1.165, 1.54) is 24.3 Å². The molecule has 7 nitrogen and oxygen atoms in total. The maximum Gasteiger partial charge on any atom is 0.573 e. The van der Waals surface area contributed by atoms with Gasteiger partial charge >= 0.3 is 6.36 Å². The molecule has 0 aliphatic carbocycles. The number of hydrogen-bond acceptors (Lipinski definition) is 5. The van der Waals surface area contributed by atoms with E-state index in [1.807, 2.05) is 6.19 Å². The van der Waals surface area contributed by atoms with E-state index < -0.39 is 18.3 Å². The van der Waals surface area contributed by atoms with Gasteiger partial charge in [-0.15, -0.1) is 13.2 Å². The van der Waals surface area contributed by atoms with Crippen molar-refractivity contribution in [2.45, 2.75) is 25.7 Å². The number of phenolic OH excluding ortho intramolecular Hbond substituents is 1. The van der Waals surface area contributed by atoms with Gasteiger partial charge in [0.25, 0.3) is 5.91 Å². The van der Waals surface area contributed by atoms with Gasteiger partial charge in [0.15, 0.2) is 11.3 Å². The first-order valence-corrected chi connectivity index (χ1v) is 9.44. The average Bonchev–Trinajstić information content (AvgIpc) is 2.70. The molecule has 0 aliphatic heterocycles. The molecular formula is C20H19F3N4O3S. The Balaban J connectivity index is 2.10. The number of nitrogens with zero attached hydrogens (tertiary/aromatic N) is 2. The molecule has 3 N–H and O–H groups in total. The third kappa shape index (κ3) is 7.67. The maximum absolute atomic E-state index is 12.7. The number of thiocarbonyl (C=S) groups is 1. The first-order chi connectivity index (χ1) is 14.6. The zero-order valence-electron chi connectivity index (χ0n) is 16.3. The molecule has 0 fully saturated rings. The van der Waals surface area contributed by atoms with E-state index in [0.717, 1.165) is 17.0 Å². The van der Waals surface area contributed by atoms with Crippen LogP contribution >= 0.6 is 12.2 Å². The molecule has 0 aromatic heterocycles. The Morgan fingerprint density at radius 3 is 2.35 bits per heavy atom. The number of likely N-dealkylation sites (N-methyl/N-ethyl adjacent to an activating group) is 1. The molecule has 0 saturated heterocycles. The number of ether oxygens (including phenoxy) is 1. The number of nitrogens with one attached hydrogen (secondary N) is 2. The molecule has 0 radical (unpaired) electrons. The van der Waals surface area contributed by atoms with Crippen molar-refractivity contribution >= 4 is 28.9 Å². The SMILES string of the molecule is CCN(C#N)C(=O)C(Cc1ccc(O)cc1)NC(=S)Nc1ccc(OC(F)(F)F)cc1. The number of aromatic hydroxyl groups is 1. The zero-order chi connectivity index (χ0) is 23.0. The normalized spacial score (nSPS) is 11.7. The number of hydrogen-bond donors (Lipinski definition) is 3. The number of carbonyl (C=O) groups excluding carboxylic acids is 1. The third-order valence-corrected chi connectivity index (χ3v) is 4.25. The molecule has 0 spiro atoms. The average molecular weight is 452 g/mol. The minimum atomic E-state index is -4.79. The molecule has 1 amide bonds. The molecule has 1 atom stereocenters. The van der Waals surface area contributed by atoms with E-state index >= 15 is 0 Å². The largest absolute Gasteiger partial charge is 0.573 e. The Kier molecular flexibility index (Phi) is 8.04. The van der Waals surface area contributed by atoms with Crippen LogP contribution in [0, 0.1) is 11.5 Å². The number of halogens is 3. The molecule has 11 heteroatoms. The molecule has 2 rings (SSSR count). The summed E-state index contributed by atoms with van der Waals surface area (Å²) < 4.78 is 40.6. The predicted molar refractivity (Wildman–Crippen MR) is 111 cm³/mol. The highest BCUT2D eigenvalue weighted by Crippen LogP contribution is 2.24. The zero-order valence-corrected chi connectivity index (χ0v) is 17.1. The first kappa shape index (κ1) is 23.8. The highest BCUT2D eigenvalue weighted by Gasteiger charge is 2.31. The second-order valence-electron chi connectivity index (χ2n) is 6.28. The van der Waals surface area contributed by atoms with E-state index in [4.69, 9.17) is 12.2 Å². The minimum Gasteiger partial charge on any atom is -0.508 e. The Labute approximate surface area is 182 Å². The van der Waals surface area contributed by atoms with Crippen LogP contribution in [0.4, 0.5) is 18.9 Å². The monoisotopic (exact) mass is 452 g/mol. The standard InChI is InChI=1S/C20H19F3N4O3S/c1-2-27(12-24)18(29)17(11-13-3-7-15(28)8-4-13)26-19(31)25-14-5-9-16(10-6-14)30-20(21,22)23/h3-10,17,28H,2,11H2,1H3,(H2,25,26,31). The van der Waals surface area contributed by atoms with Crippen molar-refractivity contribution in [2.75, 3.05) is 11.9 Å². The predicted octanol–water partition coefficient (Wildman–Crippen LogP) is 3.52. The van der Waals surface area contributed by atoms with Crippen LogP contribution in [0.2, 0.25) is 0 Å². The number of alkyl halides is 3. The molecule has 0 bridgehead atoms. The van der Waals surface area contributed by atoms with Gasteiger partial charge in [-0.25, -0.2) is 4.90 Å². The van der Waals surface area contributed by atoms with Crippen molar-refractivity contribution in [3.05, 3.63) is 54.1 Å².